The van der Waals surface area contributed by atoms with Crippen LogP contribution in [0.1, 0.15) is 18.5 Å². The second-order valence-corrected chi connectivity index (χ2v) is 7.14. The second kappa shape index (κ2) is 8.14. The molecule has 0 spiro atoms. The third kappa shape index (κ3) is 3.45. The first-order valence-corrected chi connectivity index (χ1v) is 9.71. The molecule has 0 saturated carbocycles. The third-order valence-corrected chi connectivity index (χ3v) is 5.23. The van der Waals surface area contributed by atoms with E-state index < -0.39 is 11.9 Å². The highest BCUT2D eigenvalue weighted by molar-refractivity contribution is 5.95. The Hall–Kier alpha value is -4.21. The molecule has 0 saturated heterocycles. The summed E-state index contributed by atoms with van der Waals surface area (Å²) in [6.07, 6.45) is 0. The van der Waals surface area contributed by atoms with Gasteiger partial charge in [0.15, 0.2) is 17.3 Å². The second-order valence-electron chi connectivity index (χ2n) is 7.14. The van der Waals surface area contributed by atoms with Crippen molar-refractivity contribution in [3.8, 4) is 34.4 Å². The van der Waals surface area contributed by atoms with Crippen LogP contribution < -0.4 is 25.3 Å². The number of hydrogen-bond acceptors (Lipinski definition) is 8. The number of amides is 1. The highest BCUT2D eigenvalue weighted by Crippen LogP contribution is 2.42. The Morgan fingerprint density at radius 3 is 2.38 bits per heavy atom. The van der Waals surface area contributed by atoms with Gasteiger partial charge in [-0.3, -0.25) is 4.79 Å². The summed E-state index contributed by atoms with van der Waals surface area (Å²) in [5.74, 6) is 1.62. The summed E-state index contributed by atoms with van der Waals surface area (Å²) in [6.45, 7) is 1.74. The first-order chi connectivity index (χ1) is 15.4. The largest absolute Gasteiger partial charge is 0.508 e. The normalized spacial score (nSPS) is 15.1. The fourth-order valence-corrected chi connectivity index (χ4v) is 3.81. The minimum Gasteiger partial charge on any atom is -0.508 e. The van der Waals surface area contributed by atoms with E-state index in [9.17, 15) is 9.90 Å². The number of fused-ring (bicyclic) bond motifs is 1. The van der Waals surface area contributed by atoms with Gasteiger partial charge < -0.3 is 30.4 Å². The van der Waals surface area contributed by atoms with Gasteiger partial charge in [0.1, 0.15) is 11.8 Å². The fraction of sp³-hybridized carbons (Fsp3) is 0.227. The Balaban J connectivity index is 1.89. The molecule has 32 heavy (non-hydrogen) atoms. The van der Waals surface area contributed by atoms with Crippen LogP contribution in [-0.4, -0.2) is 47.1 Å². The number of allylic oxidation sites excluding steroid dienone is 1. The maximum Gasteiger partial charge on any atom is 0.248 e. The Morgan fingerprint density at radius 1 is 1.12 bits per heavy atom. The maximum absolute atomic E-state index is 12.3. The van der Waals surface area contributed by atoms with Crippen molar-refractivity contribution in [3.05, 3.63) is 53.2 Å². The smallest absolute Gasteiger partial charge is 0.248 e. The Labute approximate surface area is 184 Å². The molecule has 0 aliphatic carbocycles. The molecule has 166 valence electrons. The van der Waals surface area contributed by atoms with Crippen molar-refractivity contribution in [3.63, 3.8) is 0 Å². The molecule has 1 aliphatic heterocycles. The van der Waals surface area contributed by atoms with Gasteiger partial charge in [-0.25, -0.2) is 4.68 Å². The molecule has 3 aromatic rings. The molecule has 0 radical (unpaired) electrons. The van der Waals surface area contributed by atoms with Crippen LogP contribution in [0.3, 0.4) is 0 Å². The third-order valence-electron chi connectivity index (χ3n) is 5.23. The standard InChI is InChI=1S/C22H23N5O5/c1-11-17(20(23)29)18(12-6-5-7-14(28)8-12)27-22(24-11)25-21(26-27)13-9-15(30-2)19(32-4)16(10-13)31-3/h5-10,18,28H,1-4H3,(H2,23,29)(H,24,25,26). The number of anilines is 1. The van der Waals surface area contributed by atoms with Crippen molar-refractivity contribution in [2.45, 2.75) is 13.0 Å². The van der Waals surface area contributed by atoms with Crippen LogP contribution in [0, 0.1) is 0 Å². The van der Waals surface area contributed by atoms with E-state index in [-0.39, 0.29) is 5.75 Å². The molecular formula is C22H23N5O5. The number of nitrogens with zero attached hydrogens (tertiary/aromatic N) is 3. The van der Waals surface area contributed by atoms with Crippen molar-refractivity contribution in [2.75, 3.05) is 26.6 Å². The number of nitrogens with one attached hydrogen (secondary N) is 1. The molecule has 4 rings (SSSR count). The monoisotopic (exact) mass is 437 g/mol. The lowest BCUT2D eigenvalue weighted by Gasteiger charge is -2.27. The van der Waals surface area contributed by atoms with Crippen LogP contribution in [0.25, 0.3) is 11.4 Å². The van der Waals surface area contributed by atoms with Crippen LogP contribution >= 0.6 is 0 Å². The molecule has 1 aliphatic rings. The summed E-state index contributed by atoms with van der Waals surface area (Å²) in [7, 11) is 4.58. The first kappa shape index (κ1) is 21.0. The number of rotatable bonds is 6. The predicted molar refractivity (Wildman–Crippen MR) is 117 cm³/mol. The Kier molecular flexibility index (Phi) is 5.35. The van der Waals surface area contributed by atoms with Gasteiger partial charge in [-0.05, 0) is 36.8 Å². The van der Waals surface area contributed by atoms with E-state index in [0.717, 1.165) is 0 Å². The van der Waals surface area contributed by atoms with Gasteiger partial charge in [-0.2, -0.15) is 4.98 Å². The zero-order valence-electron chi connectivity index (χ0n) is 18.0. The van der Waals surface area contributed by atoms with E-state index in [2.05, 4.69) is 15.4 Å². The van der Waals surface area contributed by atoms with Gasteiger partial charge in [-0.15, -0.1) is 5.10 Å². The maximum atomic E-state index is 12.3. The number of nitrogens with two attached hydrogens (primary N) is 1. The zero-order chi connectivity index (χ0) is 23.0. The van der Waals surface area contributed by atoms with Crippen molar-refractivity contribution in [1.29, 1.82) is 0 Å². The molecule has 1 amide bonds. The van der Waals surface area contributed by atoms with Gasteiger partial charge in [0, 0.05) is 11.3 Å². The lowest BCUT2D eigenvalue weighted by Crippen LogP contribution is -2.31. The number of benzene rings is 2. The molecule has 1 unspecified atom stereocenters. The summed E-state index contributed by atoms with van der Waals surface area (Å²) in [4.78, 5) is 16.9. The quantitative estimate of drug-likeness (QED) is 0.535. The number of phenolic OH excluding ortho intramolecular Hbond substituents is 1. The molecule has 1 atom stereocenters. The summed E-state index contributed by atoms with van der Waals surface area (Å²) < 4.78 is 17.8. The van der Waals surface area contributed by atoms with E-state index in [1.807, 2.05) is 0 Å². The van der Waals surface area contributed by atoms with E-state index >= 15 is 0 Å². The molecule has 0 bridgehead atoms. The summed E-state index contributed by atoms with van der Waals surface area (Å²) in [5.41, 5.74) is 7.84. The topological polar surface area (TPSA) is 134 Å². The van der Waals surface area contributed by atoms with E-state index in [1.54, 1.807) is 48.0 Å². The van der Waals surface area contributed by atoms with Gasteiger partial charge in [-0.1, -0.05) is 12.1 Å². The number of phenols is 1. The number of aromatic hydroxyl groups is 1. The van der Waals surface area contributed by atoms with Crippen molar-refractivity contribution in [1.82, 2.24) is 14.8 Å². The molecule has 2 heterocycles. The lowest BCUT2D eigenvalue weighted by atomic mass is 9.95. The lowest BCUT2D eigenvalue weighted by molar-refractivity contribution is -0.115. The molecule has 10 heteroatoms. The number of primary amides is 1. The van der Waals surface area contributed by atoms with E-state index in [1.165, 1.54) is 21.3 Å². The highest BCUT2D eigenvalue weighted by atomic mass is 16.5. The van der Waals surface area contributed by atoms with Crippen molar-refractivity contribution in [2.24, 2.45) is 5.73 Å². The Morgan fingerprint density at radius 2 is 1.81 bits per heavy atom. The molecule has 2 aromatic carbocycles. The van der Waals surface area contributed by atoms with Gasteiger partial charge in [0.25, 0.3) is 0 Å². The predicted octanol–water partition coefficient (Wildman–Crippen LogP) is 2.45. The van der Waals surface area contributed by atoms with Crippen LogP contribution in [0.5, 0.6) is 23.0 Å². The fourth-order valence-electron chi connectivity index (χ4n) is 3.81. The van der Waals surface area contributed by atoms with Gasteiger partial charge >= 0.3 is 0 Å². The van der Waals surface area contributed by atoms with Crippen LogP contribution in [0.2, 0.25) is 0 Å². The molecule has 10 nitrogen and oxygen atoms in total. The number of carbonyl (C=O) groups is 1. The minimum absolute atomic E-state index is 0.0639. The summed E-state index contributed by atoms with van der Waals surface area (Å²) >= 11 is 0. The summed E-state index contributed by atoms with van der Waals surface area (Å²) in [5, 5.41) is 17.7. The number of aromatic nitrogens is 3. The average molecular weight is 437 g/mol. The summed E-state index contributed by atoms with van der Waals surface area (Å²) in [6, 6.07) is 9.40. The molecule has 0 fully saturated rings. The number of hydrogen-bond donors (Lipinski definition) is 3. The van der Waals surface area contributed by atoms with E-state index in [4.69, 9.17) is 19.9 Å². The highest BCUT2D eigenvalue weighted by Gasteiger charge is 2.33. The van der Waals surface area contributed by atoms with Crippen LogP contribution in [0.4, 0.5) is 5.95 Å². The average Bonchev–Trinajstić information content (AvgIpc) is 3.20. The molecular weight excluding hydrogens is 414 g/mol. The minimum atomic E-state index is -0.667. The number of carbonyl (C=O) groups excluding carboxylic acids is 1. The zero-order valence-corrected chi connectivity index (χ0v) is 18.0. The van der Waals surface area contributed by atoms with Crippen molar-refractivity contribution < 1.29 is 24.1 Å². The number of ether oxygens (including phenoxy) is 3. The van der Waals surface area contributed by atoms with E-state index in [0.29, 0.717) is 51.4 Å². The number of methoxy groups -OCH3 is 3. The first-order valence-electron chi connectivity index (χ1n) is 9.71. The van der Waals surface area contributed by atoms with Crippen LogP contribution in [0.15, 0.2) is 47.7 Å². The van der Waals surface area contributed by atoms with Crippen LogP contribution in [-0.2, 0) is 4.79 Å². The van der Waals surface area contributed by atoms with Gasteiger partial charge in [0.05, 0.1) is 26.9 Å². The van der Waals surface area contributed by atoms with Gasteiger partial charge in [0.2, 0.25) is 17.6 Å². The Bertz CT molecular complexity index is 1210. The molecule has 4 N–H and O–H groups in total. The molecule has 1 aromatic heterocycles. The van der Waals surface area contributed by atoms with Crippen molar-refractivity contribution >= 4 is 11.9 Å². The SMILES string of the molecule is COc1cc(-c2nc3n(n2)C(c2cccc(O)c2)C(C(N)=O)=C(C)N3)cc(OC)c1OC.